The molecule has 0 spiro atoms. The smallest absolute Gasteiger partial charge is 0.328 e. The molecule has 10 rings (SSSR count). The van der Waals surface area contributed by atoms with Crippen molar-refractivity contribution in [2.75, 3.05) is 13.2 Å². The lowest BCUT2D eigenvalue weighted by molar-refractivity contribution is 0.304. The molecule has 10 heteroatoms. The summed E-state index contributed by atoms with van der Waals surface area (Å²) in [5.41, 5.74) is 9.14. The zero-order valence-electron chi connectivity index (χ0n) is 47.3. The summed E-state index contributed by atoms with van der Waals surface area (Å²) in [7, 11) is 0. The summed E-state index contributed by atoms with van der Waals surface area (Å²) in [5, 5.41) is 15.0. The molecular formula is C72H70B2N6O2. The third-order valence-electron chi connectivity index (χ3n) is 15.4. The van der Waals surface area contributed by atoms with Gasteiger partial charge < -0.3 is 18.4 Å². The van der Waals surface area contributed by atoms with Crippen LogP contribution in [-0.2, 0) is 0 Å². The molecule has 0 unspecified atom stereocenters. The first-order valence-electron chi connectivity index (χ1n) is 29.5. The van der Waals surface area contributed by atoms with Gasteiger partial charge in [0.25, 0.3) is 0 Å². The van der Waals surface area contributed by atoms with Crippen LogP contribution in [0.3, 0.4) is 0 Å². The second kappa shape index (κ2) is 28.3. The van der Waals surface area contributed by atoms with E-state index in [4.69, 9.17) is 19.4 Å². The quantitative estimate of drug-likeness (QED) is 0.0307. The number of nitrogens with zero attached hydrogens (tertiary/aromatic N) is 6. The topological polar surface area (TPSA) is 82.2 Å². The van der Waals surface area contributed by atoms with Crippen LogP contribution in [0.2, 0.25) is 0 Å². The van der Waals surface area contributed by atoms with Crippen molar-refractivity contribution in [3.63, 3.8) is 0 Å². The third kappa shape index (κ3) is 12.7. The van der Waals surface area contributed by atoms with Crippen molar-refractivity contribution in [1.29, 1.82) is 5.26 Å². The van der Waals surface area contributed by atoms with Crippen molar-refractivity contribution < 1.29 is 9.47 Å². The summed E-state index contributed by atoms with van der Waals surface area (Å²) in [6.45, 7) is 14.1. The Bertz CT molecular complexity index is 3540. The summed E-state index contributed by atoms with van der Waals surface area (Å²) in [5.74, 6) is 1.47. The molecule has 82 heavy (non-hydrogen) atoms. The molecule has 8 nitrogen and oxygen atoms in total. The van der Waals surface area contributed by atoms with Crippen LogP contribution in [0.5, 0.6) is 11.5 Å². The predicted octanol–water partition coefficient (Wildman–Crippen LogP) is 13.2. The minimum atomic E-state index is -0.508. The van der Waals surface area contributed by atoms with E-state index < -0.39 is 13.7 Å². The van der Waals surface area contributed by atoms with Crippen molar-refractivity contribution in [3.05, 3.63) is 252 Å². The second-order valence-electron chi connectivity index (χ2n) is 21.0. The Balaban J connectivity index is 1.44. The first kappa shape index (κ1) is 56.2. The standard InChI is InChI=1S/C72H70B2N6O2/c1-4-6-8-10-12-30-50-81-61-44-32-34-55(52-61)69-66-67(72(68(76-3)65-47-27-29-49-78-65)80(69)74(59-40-22-16-23-41-59)60-42-24-17-25-43-60)70(56-35-33-45-62(53-56)82-51-31-13-11-9-7-5-2)79(71(66)63(54-75)64-46-26-28-48-77-64)73(57-36-18-14-19-37-57)58-38-20-15-21-39-58/h14-29,32-49,52-53H,4-13,30-31,50-51H2,1-2H3/b71-63-,72-68+. The summed E-state index contributed by atoms with van der Waals surface area (Å²) in [6.07, 6.45) is 17.3. The summed E-state index contributed by atoms with van der Waals surface area (Å²) in [6, 6.07) is 73.3. The molecule has 0 fully saturated rings. The molecule has 0 N–H and O–H groups in total. The van der Waals surface area contributed by atoms with Gasteiger partial charge in [0.05, 0.1) is 36.5 Å². The van der Waals surface area contributed by atoms with Gasteiger partial charge in [-0.2, -0.15) is 5.26 Å². The number of nitriles is 1. The van der Waals surface area contributed by atoms with Crippen molar-refractivity contribution in [2.24, 2.45) is 0 Å². The molecule has 6 aromatic carbocycles. The van der Waals surface area contributed by atoms with E-state index in [1.165, 1.54) is 51.4 Å². The van der Waals surface area contributed by atoms with Crippen LogP contribution in [0.4, 0.5) is 0 Å². The number of aromatic nitrogens is 4. The largest absolute Gasteiger partial charge is 0.494 e. The molecule has 0 amide bonds. The Morgan fingerprint density at radius 2 is 0.854 bits per heavy atom. The maximum atomic E-state index is 12.2. The van der Waals surface area contributed by atoms with Gasteiger partial charge in [0.2, 0.25) is 5.70 Å². The molecule has 10 aromatic rings. The number of pyridine rings is 2. The van der Waals surface area contributed by atoms with Gasteiger partial charge in [-0.05, 0) is 61.4 Å². The van der Waals surface area contributed by atoms with E-state index in [9.17, 15) is 11.8 Å². The number of fused-ring (bicyclic) bond motifs is 1. The van der Waals surface area contributed by atoms with Crippen LogP contribution >= 0.6 is 0 Å². The fourth-order valence-corrected chi connectivity index (χ4v) is 11.6. The van der Waals surface area contributed by atoms with E-state index in [0.717, 1.165) is 92.3 Å². The lowest BCUT2D eigenvalue weighted by atomic mass is 9.50. The Morgan fingerprint density at radius 3 is 1.26 bits per heavy atom. The summed E-state index contributed by atoms with van der Waals surface area (Å²) < 4.78 is 18.2. The van der Waals surface area contributed by atoms with Crippen LogP contribution in [0.25, 0.3) is 49.4 Å². The molecule has 4 heterocycles. The number of hydrogen-bond acceptors (Lipinski definition) is 5. The van der Waals surface area contributed by atoms with Gasteiger partial charge in [-0.1, -0.05) is 258 Å². The maximum Gasteiger partial charge on any atom is 0.328 e. The van der Waals surface area contributed by atoms with E-state index in [1.54, 1.807) is 12.4 Å². The number of benzene rings is 6. The Labute approximate surface area is 485 Å². The van der Waals surface area contributed by atoms with Crippen LogP contribution in [0.15, 0.2) is 219 Å². The minimum absolute atomic E-state index is 0.358. The normalized spacial score (nSPS) is 11.9. The van der Waals surface area contributed by atoms with Crippen molar-refractivity contribution in [3.8, 4) is 40.1 Å². The highest BCUT2D eigenvalue weighted by atomic mass is 16.5. The number of hydrogen-bond donors (Lipinski definition) is 0. The Hall–Kier alpha value is -9.11. The third-order valence-corrected chi connectivity index (χ3v) is 15.4. The average Bonchev–Trinajstić information content (AvgIpc) is 3.08. The first-order chi connectivity index (χ1) is 40.6. The molecule has 0 atom stereocenters. The highest BCUT2D eigenvalue weighted by molar-refractivity contribution is 6.85. The molecule has 0 bridgehead atoms. The molecule has 0 aliphatic heterocycles. The highest BCUT2D eigenvalue weighted by Crippen LogP contribution is 2.38. The lowest BCUT2D eigenvalue weighted by Gasteiger charge is -2.24. The maximum absolute atomic E-state index is 12.2. The lowest BCUT2D eigenvalue weighted by Crippen LogP contribution is -2.54. The monoisotopic (exact) mass is 1070 g/mol. The molecule has 406 valence electrons. The van der Waals surface area contributed by atoms with E-state index in [2.05, 4.69) is 167 Å². The van der Waals surface area contributed by atoms with Crippen LogP contribution in [0.1, 0.15) is 102 Å². The van der Waals surface area contributed by atoms with E-state index in [0.29, 0.717) is 46.6 Å². The average molecular weight is 1070 g/mol. The fourth-order valence-electron chi connectivity index (χ4n) is 11.6. The predicted molar refractivity (Wildman–Crippen MR) is 340 cm³/mol. The van der Waals surface area contributed by atoms with Crippen LogP contribution in [-0.4, -0.2) is 45.8 Å². The molecule has 0 radical (unpaired) electrons. The molecule has 0 saturated heterocycles. The van der Waals surface area contributed by atoms with Crippen LogP contribution in [0, 0.1) is 17.9 Å². The Morgan fingerprint density at radius 1 is 0.463 bits per heavy atom. The van der Waals surface area contributed by atoms with Gasteiger partial charge in [-0.25, -0.2) is 4.85 Å². The summed E-state index contributed by atoms with van der Waals surface area (Å²) >= 11 is 0. The van der Waals surface area contributed by atoms with Crippen molar-refractivity contribution >= 4 is 57.6 Å². The summed E-state index contributed by atoms with van der Waals surface area (Å²) in [4.78, 5) is 14.6. The van der Waals surface area contributed by atoms with E-state index in [-0.39, 0.29) is 0 Å². The van der Waals surface area contributed by atoms with Gasteiger partial charge in [0.15, 0.2) is 0 Å². The molecular weight excluding hydrogens is 1000 g/mol. The van der Waals surface area contributed by atoms with E-state index >= 15 is 0 Å². The zero-order valence-corrected chi connectivity index (χ0v) is 47.3. The highest BCUT2D eigenvalue weighted by Gasteiger charge is 2.37. The van der Waals surface area contributed by atoms with Crippen molar-refractivity contribution in [1.82, 2.24) is 18.9 Å². The Kier molecular flexibility index (Phi) is 19.4. The van der Waals surface area contributed by atoms with Crippen LogP contribution < -0.4 is 42.0 Å². The van der Waals surface area contributed by atoms with E-state index in [1.807, 2.05) is 72.8 Å². The molecule has 0 aliphatic carbocycles. The number of unbranched alkanes of at least 4 members (excludes halogenated alkanes) is 10. The molecule has 4 aromatic heterocycles. The SMILES string of the molecule is [C-]#[N+]/C(c1ccccn1)=c1\c2c(-c3cccc(OCCCCCCCC)c3)n(B(c3ccccc3)c3ccccc3)/c(=C(/C#N)c3ccccn3)c2c(-c2cccc(OCCCCCCCC)c2)n1B(c1ccccc1)c1ccccc1. The first-order valence-corrected chi connectivity index (χ1v) is 29.5. The van der Waals surface area contributed by atoms with Gasteiger partial charge in [0, 0.05) is 51.0 Å². The minimum Gasteiger partial charge on any atom is -0.494 e. The number of rotatable bonds is 26. The zero-order chi connectivity index (χ0) is 56.3. The van der Waals surface area contributed by atoms with Gasteiger partial charge >= 0.3 is 13.7 Å². The van der Waals surface area contributed by atoms with Gasteiger partial charge in [0.1, 0.15) is 23.1 Å². The number of ether oxygens (including phenoxy) is 2. The second-order valence-corrected chi connectivity index (χ2v) is 21.0. The fraction of sp³-hybridized carbons (Fsp3) is 0.222. The molecule has 0 saturated carbocycles. The van der Waals surface area contributed by atoms with Gasteiger partial charge in [-0.3, -0.25) is 9.97 Å². The van der Waals surface area contributed by atoms with Gasteiger partial charge in [-0.15, -0.1) is 0 Å². The molecule has 0 aliphatic rings. The van der Waals surface area contributed by atoms with Crippen molar-refractivity contribution in [2.45, 2.75) is 90.9 Å².